The van der Waals surface area contributed by atoms with Gasteiger partial charge in [0.25, 0.3) is 0 Å². The lowest BCUT2D eigenvalue weighted by atomic mass is 10.0. The first-order chi connectivity index (χ1) is 25.8. The quantitative estimate of drug-likeness (QED) is 0.0398. The van der Waals surface area contributed by atoms with Crippen molar-refractivity contribution in [2.45, 2.75) is 155 Å². The van der Waals surface area contributed by atoms with Crippen molar-refractivity contribution >= 4 is 0 Å². The molecule has 0 N–H and O–H groups in total. The number of ether oxygens (including phenoxy) is 2. The van der Waals surface area contributed by atoms with Gasteiger partial charge in [-0.25, -0.2) is 4.57 Å². The number of rotatable bonds is 30. The van der Waals surface area contributed by atoms with E-state index in [2.05, 4.69) is 115 Å². The van der Waals surface area contributed by atoms with Gasteiger partial charge in [0.1, 0.15) is 18.0 Å². The van der Waals surface area contributed by atoms with Gasteiger partial charge in [0.05, 0.1) is 13.2 Å². The van der Waals surface area contributed by atoms with Gasteiger partial charge in [-0.1, -0.05) is 177 Å². The molecule has 3 nitrogen and oxygen atoms in total. The van der Waals surface area contributed by atoms with Crippen LogP contribution in [-0.4, -0.2) is 13.2 Å². The van der Waals surface area contributed by atoms with Crippen molar-refractivity contribution < 1.29 is 14.0 Å². The second-order valence-electron chi connectivity index (χ2n) is 14.9. The number of hydrogen-bond donors (Lipinski definition) is 0. The number of hydrogen-bond acceptors (Lipinski definition) is 2. The van der Waals surface area contributed by atoms with Crippen molar-refractivity contribution in [2.75, 3.05) is 13.2 Å². The summed E-state index contributed by atoms with van der Waals surface area (Å²) in [6.07, 6.45) is 33.9. The summed E-state index contributed by atoms with van der Waals surface area (Å²) < 4.78 is 14.4. The van der Waals surface area contributed by atoms with E-state index < -0.39 is 0 Å². The molecule has 52 heavy (non-hydrogen) atoms. The third-order valence-corrected chi connectivity index (χ3v) is 10.4. The van der Waals surface area contributed by atoms with E-state index in [1.54, 1.807) is 0 Å². The van der Waals surface area contributed by atoms with Crippen molar-refractivity contribution in [2.24, 2.45) is 0 Å². The Morgan fingerprint density at radius 3 is 1.02 bits per heavy atom. The van der Waals surface area contributed by atoms with Crippen molar-refractivity contribution in [1.82, 2.24) is 0 Å². The number of aromatic nitrogens is 1. The number of pyridine rings is 1. The number of benzene rings is 3. The second kappa shape index (κ2) is 27.1. The number of aryl methyl sites for hydroxylation is 1. The summed E-state index contributed by atoms with van der Waals surface area (Å²) >= 11 is 0. The maximum atomic E-state index is 6.06. The van der Waals surface area contributed by atoms with Crippen molar-refractivity contribution in [3.8, 4) is 33.8 Å². The zero-order valence-electron chi connectivity index (χ0n) is 32.8. The fraction of sp³-hybridized carbons (Fsp3) is 0.531. The summed E-state index contributed by atoms with van der Waals surface area (Å²) in [5.41, 5.74) is 4.89. The molecule has 0 saturated carbocycles. The van der Waals surface area contributed by atoms with Gasteiger partial charge in [0.15, 0.2) is 12.4 Å². The predicted octanol–water partition coefficient (Wildman–Crippen LogP) is 14.4. The fourth-order valence-corrected chi connectivity index (χ4v) is 7.06. The molecule has 0 radical (unpaired) electrons. The molecule has 3 heteroatoms. The molecule has 0 fully saturated rings. The zero-order chi connectivity index (χ0) is 36.2. The molecule has 3 aromatic carbocycles. The molecule has 4 rings (SSSR count). The van der Waals surface area contributed by atoms with E-state index in [0.29, 0.717) is 0 Å². The zero-order valence-corrected chi connectivity index (χ0v) is 32.8. The van der Waals surface area contributed by atoms with Crippen LogP contribution in [0.25, 0.3) is 22.3 Å². The van der Waals surface area contributed by atoms with Gasteiger partial charge in [-0.2, -0.15) is 0 Å². The normalized spacial score (nSPS) is 11.2. The van der Waals surface area contributed by atoms with Crippen LogP contribution in [0.1, 0.15) is 148 Å². The first-order valence-electron chi connectivity index (χ1n) is 21.3. The van der Waals surface area contributed by atoms with Crippen LogP contribution in [0.3, 0.4) is 0 Å². The smallest absolute Gasteiger partial charge is 0.168 e. The molecular weight excluding hydrogens is 635 g/mol. The minimum absolute atomic E-state index is 0.802. The largest absolute Gasteiger partial charge is 0.494 e. The molecule has 0 bridgehead atoms. The number of nitrogens with zero attached hydrogens (tertiary/aromatic N) is 1. The predicted molar refractivity (Wildman–Crippen MR) is 222 cm³/mol. The van der Waals surface area contributed by atoms with Crippen LogP contribution in [0, 0.1) is 0 Å². The van der Waals surface area contributed by atoms with Gasteiger partial charge in [-0.3, -0.25) is 0 Å². The van der Waals surface area contributed by atoms with Gasteiger partial charge < -0.3 is 9.47 Å². The maximum absolute atomic E-state index is 6.06. The molecule has 0 spiro atoms. The lowest BCUT2D eigenvalue weighted by Crippen LogP contribution is -2.32. The monoisotopic (exact) mass is 705 g/mol. The van der Waals surface area contributed by atoms with Gasteiger partial charge >= 0.3 is 0 Å². The minimum atomic E-state index is 0.802. The lowest BCUT2D eigenvalue weighted by molar-refractivity contribution is -0.697. The first kappa shape index (κ1) is 41.2. The standard InChI is InChI=1S/C49H70NO2/c1-2-3-4-5-6-7-8-10-13-16-19-25-42-51-48-35-31-46(32-36-48)44-27-29-45(30-28-44)47-33-37-49(38-34-47)52-43-26-20-17-14-11-9-12-15-18-22-39-50-40-23-21-24-41-50/h21,23-24,27-38,40-41H,2-20,22,25-26,39,42-43H2,1H3/q+1. The third kappa shape index (κ3) is 17.8. The highest BCUT2D eigenvalue weighted by molar-refractivity contribution is 5.71. The SMILES string of the molecule is CCCCCCCCCCCCCCOc1ccc(-c2ccc(-c3ccc(OCCCCCCCCCCCC[n+]4ccccc4)cc3)cc2)cc1. The van der Waals surface area contributed by atoms with Gasteiger partial charge in [0, 0.05) is 18.6 Å². The van der Waals surface area contributed by atoms with E-state index in [9.17, 15) is 0 Å². The van der Waals surface area contributed by atoms with Crippen molar-refractivity contribution in [3.05, 3.63) is 103 Å². The molecular formula is C49H70NO2+. The molecule has 0 unspecified atom stereocenters. The molecule has 1 aromatic heterocycles. The van der Waals surface area contributed by atoms with Crippen LogP contribution in [-0.2, 0) is 6.54 Å². The van der Waals surface area contributed by atoms with Crippen LogP contribution >= 0.6 is 0 Å². The summed E-state index contributed by atoms with van der Waals surface area (Å²) in [6.45, 7) is 5.05. The molecule has 0 saturated heterocycles. The molecule has 0 aliphatic carbocycles. The Bertz CT molecular complexity index is 1400. The van der Waals surface area contributed by atoms with Crippen LogP contribution in [0.4, 0.5) is 0 Å². The van der Waals surface area contributed by atoms with E-state index >= 15 is 0 Å². The van der Waals surface area contributed by atoms with Crippen LogP contribution < -0.4 is 14.0 Å². The van der Waals surface area contributed by atoms with E-state index in [1.807, 2.05) is 0 Å². The topological polar surface area (TPSA) is 22.3 Å². The van der Waals surface area contributed by atoms with Crippen molar-refractivity contribution in [1.29, 1.82) is 0 Å². The average Bonchev–Trinajstić information content (AvgIpc) is 3.19. The Kier molecular flexibility index (Phi) is 21.4. The average molecular weight is 705 g/mol. The Balaban J connectivity index is 0.992. The third-order valence-electron chi connectivity index (χ3n) is 10.4. The van der Waals surface area contributed by atoms with Crippen LogP contribution in [0.15, 0.2) is 103 Å². The molecule has 0 atom stereocenters. The Morgan fingerprint density at radius 1 is 0.346 bits per heavy atom. The Labute approximate surface area is 318 Å². The summed E-state index contributed by atoms with van der Waals surface area (Å²) in [5.74, 6) is 1.93. The van der Waals surface area contributed by atoms with E-state index in [0.717, 1.165) is 44.1 Å². The van der Waals surface area contributed by atoms with Gasteiger partial charge in [-0.15, -0.1) is 0 Å². The molecule has 0 aliphatic rings. The molecule has 0 amide bonds. The summed E-state index contributed by atoms with van der Waals surface area (Å²) in [6, 6.07) is 32.3. The lowest BCUT2D eigenvalue weighted by Gasteiger charge is -2.09. The highest BCUT2D eigenvalue weighted by atomic mass is 16.5. The fourth-order valence-electron chi connectivity index (χ4n) is 7.06. The van der Waals surface area contributed by atoms with Crippen molar-refractivity contribution in [3.63, 3.8) is 0 Å². The first-order valence-corrected chi connectivity index (χ1v) is 21.3. The highest BCUT2D eigenvalue weighted by Gasteiger charge is 2.04. The summed E-state index contributed by atoms with van der Waals surface area (Å²) in [5, 5.41) is 0. The minimum Gasteiger partial charge on any atom is -0.494 e. The molecule has 282 valence electrons. The Hall–Kier alpha value is -3.59. The Morgan fingerprint density at radius 2 is 0.654 bits per heavy atom. The second-order valence-corrected chi connectivity index (χ2v) is 14.9. The summed E-state index contributed by atoms with van der Waals surface area (Å²) in [7, 11) is 0. The van der Waals surface area contributed by atoms with Crippen LogP contribution in [0.2, 0.25) is 0 Å². The molecule has 0 aliphatic heterocycles. The number of unbranched alkanes of at least 4 members (excludes halogenated alkanes) is 20. The summed E-state index contributed by atoms with van der Waals surface area (Å²) in [4.78, 5) is 0. The van der Waals surface area contributed by atoms with Gasteiger partial charge in [-0.05, 0) is 65.8 Å². The maximum Gasteiger partial charge on any atom is 0.168 e. The van der Waals surface area contributed by atoms with Gasteiger partial charge in [0.2, 0.25) is 0 Å². The molecule has 1 heterocycles. The highest BCUT2D eigenvalue weighted by Crippen LogP contribution is 2.28. The van der Waals surface area contributed by atoms with E-state index in [1.165, 1.54) is 151 Å². The van der Waals surface area contributed by atoms with E-state index in [4.69, 9.17) is 9.47 Å². The van der Waals surface area contributed by atoms with Crippen LogP contribution in [0.5, 0.6) is 11.5 Å². The van der Waals surface area contributed by atoms with E-state index in [-0.39, 0.29) is 0 Å². The molecule has 4 aromatic rings.